The Morgan fingerprint density at radius 1 is 1.15 bits per heavy atom. The number of alkyl halides is 3. The van der Waals surface area contributed by atoms with E-state index in [1.165, 1.54) is 24.3 Å². The molecule has 9 heteroatoms. The average molecular weight is 399 g/mol. The summed E-state index contributed by atoms with van der Waals surface area (Å²) in [6, 6.07) is 7.47. The minimum absolute atomic E-state index is 0.0543. The van der Waals surface area contributed by atoms with E-state index in [0.29, 0.717) is 4.88 Å². The van der Waals surface area contributed by atoms with Gasteiger partial charge in [-0.15, -0.1) is 11.3 Å². The smallest absolute Gasteiger partial charge is 0.416 e. The maximum Gasteiger partial charge on any atom is 0.416 e. The van der Waals surface area contributed by atoms with E-state index >= 15 is 0 Å². The number of hydrogen-bond acceptors (Lipinski definition) is 5. The highest BCUT2D eigenvalue weighted by atomic mass is 32.1. The minimum atomic E-state index is -4.53. The Morgan fingerprint density at radius 3 is 2.52 bits per heavy atom. The molecular formula is C18H16F3NO4S. The van der Waals surface area contributed by atoms with Gasteiger partial charge in [0, 0.05) is 12.1 Å². The van der Waals surface area contributed by atoms with E-state index < -0.39 is 29.7 Å². The van der Waals surface area contributed by atoms with Gasteiger partial charge in [0.2, 0.25) is 0 Å². The number of amides is 1. The number of anilines is 1. The van der Waals surface area contributed by atoms with Crippen LogP contribution < -0.4 is 5.32 Å². The molecule has 2 rings (SSSR count). The van der Waals surface area contributed by atoms with Crippen LogP contribution in [0.3, 0.4) is 0 Å². The summed E-state index contributed by atoms with van der Waals surface area (Å²) >= 11 is 1.26. The maximum absolute atomic E-state index is 12.7. The first-order chi connectivity index (χ1) is 12.7. The number of hydrogen-bond donors (Lipinski definition) is 1. The quantitative estimate of drug-likeness (QED) is 0.557. The van der Waals surface area contributed by atoms with E-state index in [-0.39, 0.29) is 24.3 Å². The summed E-state index contributed by atoms with van der Waals surface area (Å²) in [5.74, 6) is -1.72. The molecule has 2 aromatic rings. The van der Waals surface area contributed by atoms with Crippen molar-refractivity contribution in [1.82, 2.24) is 0 Å². The van der Waals surface area contributed by atoms with Crippen molar-refractivity contribution in [2.24, 2.45) is 0 Å². The Bertz CT molecular complexity index is 818. The number of carbonyl (C=O) groups excluding carboxylic acids is 3. The first-order valence-corrected chi connectivity index (χ1v) is 8.79. The molecule has 0 radical (unpaired) electrons. The fourth-order valence-electron chi connectivity index (χ4n) is 2.10. The third-order valence-corrected chi connectivity index (χ3v) is 4.40. The Hall–Kier alpha value is -2.68. The second-order valence-corrected chi connectivity index (χ2v) is 6.55. The Labute approximate surface area is 157 Å². The first-order valence-electron chi connectivity index (χ1n) is 7.91. The summed E-state index contributed by atoms with van der Waals surface area (Å²) in [5.41, 5.74) is -0.970. The zero-order valence-corrected chi connectivity index (χ0v) is 15.0. The van der Waals surface area contributed by atoms with Gasteiger partial charge in [-0.05, 0) is 36.6 Å². The number of nitrogens with one attached hydrogen (secondary N) is 1. The van der Waals surface area contributed by atoms with Crippen LogP contribution in [0.25, 0.3) is 0 Å². The summed E-state index contributed by atoms with van der Waals surface area (Å²) in [4.78, 5) is 36.1. The van der Waals surface area contributed by atoms with Gasteiger partial charge in [0.05, 0.1) is 16.9 Å². The lowest BCUT2D eigenvalue weighted by Crippen LogP contribution is -2.30. The van der Waals surface area contributed by atoms with Gasteiger partial charge in [0.1, 0.15) is 0 Å². The van der Waals surface area contributed by atoms with Gasteiger partial charge in [-0.1, -0.05) is 12.1 Å². The normalized spacial score (nSPS) is 12.3. The van der Waals surface area contributed by atoms with Crippen LogP contribution in [0.1, 0.15) is 35.0 Å². The van der Waals surface area contributed by atoms with Crippen molar-refractivity contribution in [1.29, 1.82) is 0 Å². The standard InChI is InChI=1S/C18H16F3NO4S/c1-11(26-16(24)8-7-14(23)15-6-3-9-27-15)17(25)22-13-5-2-4-12(10-13)18(19,20)21/h2-6,9-11H,7-8H2,1H3,(H,22,25)/t11-/m1/s1. The largest absolute Gasteiger partial charge is 0.453 e. The SMILES string of the molecule is C[C@@H](OC(=O)CCC(=O)c1cccs1)C(=O)Nc1cccc(C(F)(F)F)c1. The van der Waals surface area contributed by atoms with Gasteiger partial charge in [0.15, 0.2) is 11.9 Å². The predicted octanol–water partition coefficient (Wildman–Crippen LogP) is 4.30. The van der Waals surface area contributed by atoms with Crippen LogP contribution in [0.5, 0.6) is 0 Å². The van der Waals surface area contributed by atoms with Gasteiger partial charge in [-0.3, -0.25) is 14.4 Å². The van der Waals surface area contributed by atoms with E-state index in [1.54, 1.807) is 17.5 Å². The second-order valence-electron chi connectivity index (χ2n) is 5.60. The Kier molecular flexibility index (Phi) is 6.73. The lowest BCUT2D eigenvalue weighted by Gasteiger charge is -2.14. The molecule has 0 aliphatic heterocycles. The number of rotatable bonds is 7. The third-order valence-electron chi connectivity index (χ3n) is 3.49. The monoisotopic (exact) mass is 399 g/mol. The molecule has 1 aromatic heterocycles. The molecule has 0 unspecified atom stereocenters. The number of thiophene rings is 1. The van der Waals surface area contributed by atoms with Crippen LogP contribution in [-0.2, 0) is 20.5 Å². The highest BCUT2D eigenvalue weighted by Crippen LogP contribution is 2.30. The minimum Gasteiger partial charge on any atom is -0.453 e. The molecule has 1 heterocycles. The zero-order chi connectivity index (χ0) is 20.0. The molecule has 0 aliphatic rings. The molecule has 0 saturated carbocycles. The highest BCUT2D eigenvalue weighted by molar-refractivity contribution is 7.12. The van der Waals surface area contributed by atoms with E-state index in [2.05, 4.69) is 5.32 Å². The number of esters is 1. The molecule has 144 valence electrons. The average Bonchev–Trinajstić information content (AvgIpc) is 3.13. The van der Waals surface area contributed by atoms with Gasteiger partial charge < -0.3 is 10.1 Å². The molecule has 0 spiro atoms. The Balaban J connectivity index is 1.84. The molecule has 5 nitrogen and oxygen atoms in total. The van der Waals surface area contributed by atoms with Gasteiger partial charge in [-0.2, -0.15) is 13.2 Å². The number of ether oxygens (including phenoxy) is 1. The fourth-order valence-corrected chi connectivity index (χ4v) is 2.80. The van der Waals surface area contributed by atoms with Gasteiger partial charge >= 0.3 is 12.1 Å². The maximum atomic E-state index is 12.7. The van der Waals surface area contributed by atoms with Crippen LogP contribution in [0.2, 0.25) is 0 Å². The topological polar surface area (TPSA) is 72.5 Å². The lowest BCUT2D eigenvalue weighted by atomic mass is 10.2. The second kappa shape index (κ2) is 8.81. The zero-order valence-electron chi connectivity index (χ0n) is 14.2. The van der Waals surface area contributed by atoms with Gasteiger partial charge in [-0.25, -0.2) is 0 Å². The van der Waals surface area contributed by atoms with Crippen LogP contribution in [0.4, 0.5) is 18.9 Å². The highest BCUT2D eigenvalue weighted by Gasteiger charge is 2.30. The van der Waals surface area contributed by atoms with Crippen molar-refractivity contribution in [3.8, 4) is 0 Å². The summed E-state index contributed by atoms with van der Waals surface area (Å²) < 4.78 is 43.0. The first kappa shape index (κ1) is 20.6. The van der Waals surface area contributed by atoms with Crippen molar-refractivity contribution in [3.63, 3.8) is 0 Å². The van der Waals surface area contributed by atoms with Crippen LogP contribution in [-0.4, -0.2) is 23.8 Å². The molecule has 1 atom stereocenters. The van der Waals surface area contributed by atoms with Crippen LogP contribution in [0.15, 0.2) is 41.8 Å². The van der Waals surface area contributed by atoms with Crippen molar-refractivity contribution in [2.45, 2.75) is 32.0 Å². The lowest BCUT2D eigenvalue weighted by molar-refractivity contribution is -0.153. The Morgan fingerprint density at radius 2 is 1.89 bits per heavy atom. The van der Waals surface area contributed by atoms with Crippen molar-refractivity contribution in [3.05, 3.63) is 52.2 Å². The number of carbonyl (C=O) groups is 3. The molecule has 1 N–H and O–H groups in total. The fraction of sp³-hybridized carbons (Fsp3) is 0.278. The number of ketones is 1. The molecule has 0 bridgehead atoms. The van der Waals surface area contributed by atoms with Crippen LogP contribution in [0, 0.1) is 0 Å². The predicted molar refractivity (Wildman–Crippen MR) is 93.5 cm³/mol. The van der Waals surface area contributed by atoms with Crippen molar-refractivity contribution < 1.29 is 32.3 Å². The van der Waals surface area contributed by atoms with E-state index in [0.717, 1.165) is 18.2 Å². The summed E-state index contributed by atoms with van der Waals surface area (Å²) in [6.07, 6.45) is -6.00. The van der Waals surface area contributed by atoms with Gasteiger partial charge in [0.25, 0.3) is 5.91 Å². The molecule has 1 amide bonds. The summed E-state index contributed by atoms with van der Waals surface area (Å²) in [5, 5.41) is 4.01. The third kappa shape index (κ3) is 6.21. The van der Waals surface area contributed by atoms with E-state index in [4.69, 9.17) is 4.74 Å². The molecule has 1 aromatic carbocycles. The van der Waals surface area contributed by atoms with Crippen molar-refractivity contribution >= 4 is 34.7 Å². The molecule has 0 aliphatic carbocycles. The molecule has 0 fully saturated rings. The summed E-state index contributed by atoms with van der Waals surface area (Å²) in [7, 11) is 0. The van der Waals surface area contributed by atoms with Crippen molar-refractivity contribution in [2.75, 3.05) is 5.32 Å². The molecular weight excluding hydrogens is 383 g/mol. The number of Topliss-reactive ketones (excluding diaryl/α,β-unsaturated/α-hetero) is 1. The summed E-state index contributed by atoms with van der Waals surface area (Å²) in [6.45, 7) is 1.29. The van der Waals surface area contributed by atoms with E-state index in [9.17, 15) is 27.6 Å². The number of halogens is 3. The van der Waals surface area contributed by atoms with E-state index in [1.807, 2.05) is 0 Å². The van der Waals surface area contributed by atoms with Crippen LogP contribution >= 0.6 is 11.3 Å². The number of benzene rings is 1. The molecule has 0 saturated heterocycles. The molecule has 27 heavy (non-hydrogen) atoms.